The smallest absolute Gasteiger partial charge is 0.243 e. The molecule has 0 atom stereocenters. The van der Waals surface area contributed by atoms with Gasteiger partial charge in [0.1, 0.15) is 18.4 Å². The monoisotopic (exact) mass is 413 g/mol. The Morgan fingerprint density at radius 1 is 1.03 bits per heavy atom. The average molecular weight is 414 g/mol. The SMILES string of the molecule is CC(C)c1ccc(S(=O)(=O)N2CCN(CCOc3ccccc3C#N)CC2)cc1. The Morgan fingerprint density at radius 2 is 1.69 bits per heavy atom. The first-order valence-electron chi connectivity index (χ1n) is 9.86. The molecule has 0 bridgehead atoms. The number of ether oxygens (including phenoxy) is 1. The summed E-state index contributed by atoms with van der Waals surface area (Å²) in [6, 6.07) is 16.5. The van der Waals surface area contributed by atoms with Gasteiger partial charge in [-0.05, 0) is 35.7 Å². The molecule has 1 fully saturated rings. The molecule has 1 aliphatic heterocycles. The summed E-state index contributed by atoms with van der Waals surface area (Å²) in [5.74, 6) is 0.957. The van der Waals surface area contributed by atoms with Crippen LogP contribution < -0.4 is 4.74 Å². The van der Waals surface area contributed by atoms with Crippen molar-refractivity contribution < 1.29 is 13.2 Å². The number of piperazine rings is 1. The lowest BCUT2D eigenvalue weighted by Gasteiger charge is -2.33. The number of para-hydroxylation sites is 1. The lowest BCUT2D eigenvalue weighted by Crippen LogP contribution is -2.49. The molecule has 154 valence electrons. The fraction of sp³-hybridized carbons (Fsp3) is 0.409. The summed E-state index contributed by atoms with van der Waals surface area (Å²) >= 11 is 0. The molecule has 29 heavy (non-hydrogen) atoms. The molecule has 2 aromatic rings. The van der Waals surface area contributed by atoms with Gasteiger partial charge in [0, 0.05) is 32.7 Å². The van der Waals surface area contributed by atoms with Gasteiger partial charge in [-0.1, -0.05) is 38.1 Å². The molecular formula is C22H27N3O3S. The molecule has 1 aliphatic rings. The second-order valence-electron chi connectivity index (χ2n) is 7.43. The summed E-state index contributed by atoms with van der Waals surface area (Å²) in [4.78, 5) is 2.54. The standard InChI is InChI=1S/C22H27N3O3S/c1-18(2)19-7-9-21(10-8-19)29(26,27)25-13-11-24(12-14-25)15-16-28-22-6-4-3-5-20(22)17-23/h3-10,18H,11-16H2,1-2H3. The summed E-state index contributed by atoms with van der Waals surface area (Å²) in [6.07, 6.45) is 0. The zero-order chi connectivity index (χ0) is 20.9. The maximum absolute atomic E-state index is 12.9. The lowest BCUT2D eigenvalue weighted by atomic mass is 10.0. The largest absolute Gasteiger partial charge is 0.491 e. The maximum Gasteiger partial charge on any atom is 0.243 e. The van der Waals surface area contributed by atoms with Crippen LogP contribution in [0.2, 0.25) is 0 Å². The highest BCUT2D eigenvalue weighted by Gasteiger charge is 2.28. The highest BCUT2D eigenvalue weighted by Crippen LogP contribution is 2.21. The summed E-state index contributed by atoms with van der Waals surface area (Å²) in [6.45, 7) is 7.57. The fourth-order valence-electron chi connectivity index (χ4n) is 3.34. The van der Waals surface area contributed by atoms with Gasteiger partial charge in [0.05, 0.1) is 10.5 Å². The van der Waals surface area contributed by atoms with Crippen LogP contribution in [0.1, 0.15) is 30.9 Å². The third-order valence-electron chi connectivity index (χ3n) is 5.19. The number of nitrogens with zero attached hydrogens (tertiary/aromatic N) is 3. The summed E-state index contributed by atoms with van der Waals surface area (Å²) in [5.41, 5.74) is 1.65. The van der Waals surface area contributed by atoms with Gasteiger partial charge in [0.25, 0.3) is 0 Å². The number of sulfonamides is 1. The van der Waals surface area contributed by atoms with E-state index in [0.29, 0.717) is 61.5 Å². The van der Waals surface area contributed by atoms with Gasteiger partial charge in [-0.25, -0.2) is 8.42 Å². The molecule has 0 aromatic heterocycles. The van der Waals surface area contributed by atoms with Crippen LogP contribution in [0.25, 0.3) is 0 Å². The van der Waals surface area contributed by atoms with E-state index in [0.717, 1.165) is 5.56 Å². The second-order valence-corrected chi connectivity index (χ2v) is 9.36. The van der Waals surface area contributed by atoms with Crippen LogP contribution in [0.5, 0.6) is 5.75 Å². The van der Waals surface area contributed by atoms with E-state index >= 15 is 0 Å². The fourth-order valence-corrected chi connectivity index (χ4v) is 4.76. The van der Waals surface area contributed by atoms with Crippen LogP contribution in [-0.4, -0.2) is 57.0 Å². The van der Waals surface area contributed by atoms with Crippen molar-refractivity contribution in [2.75, 3.05) is 39.3 Å². The number of benzene rings is 2. The Hall–Kier alpha value is -2.40. The van der Waals surface area contributed by atoms with Crippen molar-refractivity contribution in [1.29, 1.82) is 5.26 Å². The molecule has 1 heterocycles. The molecule has 1 saturated heterocycles. The average Bonchev–Trinajstić information content (AvgIpc) is 2.74. The predicted molar refractivity (Wildman–Crippen MR) is 112 cm³/mol. The molecule has 0 radical (unpaired) electrons. The van der Waals surface area contributed by atoms with E-state index < -0.39 is 10.0 Å². The van der Waals surface area contributed by atoms with Crippen molar-refractivity contribution in [2.45, 2.75) is 24.7 Å². The Balaban J connectivity index is 1.51. The highest BCUT2D eigenvalue weighted by atomic mass is 32.2. The topological polar surface area (TPSA) is 73.6 Å². The summed E-state index contributed by atoms with van der Waals surface area (Å²) < 4.78 is 33.1. The van der Waals surface area contributed by atoms with Crippen molar-refractivity contribution in [3.63, 3.8) is 0 Å². The third-order valence-corrected chi connectivity index (χ3v) is 7.10. The number of hydrogen-bond donors (Lipinski definition) is 0. The maximum atomic E-state index is 12.9. The van der Waals surface area contributed by atoms with Gasteiger partial charge in [-0.15, -0.1) is 0 Å². The van der Waals surface area contributed by atoms with E-state index in [1.165, 1.54) is 0 Å². The summed E-state index contributed by atoms with van der Waals surface area (Å²) in [7, 11) is -3.46. The van der Waals surface area contributed by atoms with Crippen LogP contribution in [-0.2, 0) is 10.0 Å². The van der Waals surface area contributed by atoms with Gasteiger partial charge in [-0.2, -0.15) is 9.57 Å². The Kier molecular flexibility index (Phi) is 6.91. The third kappa shape index (κ3) is 5.15. The van der Waals surface area contributed by atoms with Gasteiger partial charge < -0.3 is 4.74 Å². The van der Waals surface area contributed by atoms with E-state index in [2.05, 4.69) is 24.8 Å². The van der Waals surface area contributed by atoms with Gasteiger partial charge in [0.15, 0.2) is 0 Å². The molecule has 0 saturated carbocycles. The number of rotatable bonds is 7. The Morgan fingerprint density at radius 3 is 2.31 bits per heavy atom. The van der Waals surface area contributed by atoms with E-state index in [-0.39, 0.29) is 0 Å². The van der Waals surface area contributed by atoms with Crippen LogP contribution in [0.3, 0.4) is 0 Å². The minimum atomic E-state index is -3.46. The molecule has 0 unspecified atom stereocenters. The van der Waals surface area contributed by atoms with Gasteiger partial charge in [-0.3, -0.25) is 4.90 Å². The molecule has 0 spiro atoms. The first kappa shape index (κ1) is 21.3. The minimum absolute atomic E-state index is 0.354. The van der Waals surface area contributed by atoms with Crippen molar-refractivity contribution in [3.8, 4) is 11.8 Å². The molecule has 2 aromatic carbocycles. The molecule has 0 aliphatic carbocycles. The van der Waals surface area contributed by atoms with E-state index in [9.17, 15) is 8.42 Å². The molecule has 0 N–H and O–H groups in total. The van der Waals surface area contributed by atoms with Crippen LogP contribution in [0.15, 0.2) is 53.4 Å². The van der Waals surface area contributed by atoms with Crippen molar-refractivity contribution >= 4 is 10.0 Å². The minimum Gasteiger partial charge on any atom is -0.491 e. The first-order chi connectivity index (χ1) is 13.9. The van der Waals surface area contributed by atoms with Gasteiger partial charge in [0.2, 0.25) is 10.0 Å². The quantitative estimate of drug-likeness (QED) is 0.697. The highest BCUT2D eigenvalue weighted by molar-refractivity contribution is 7.89. The van der Waals surface area contributed by atoms with Crippen molar-refractivity contribution in [2.24, 2.45) is 0 Å². The Bertz CT molecular complexity index is 958. The van der Waals surface area contributed by atoms with Crippen LogP contribution >= 0.6 is 0 Å². The molecular weight excluding hydrogens is 386 g/mol. The Labute approximate surface area is 173 Å². The van der Waals surface area contributed by atoms with E-state index in [4.69, 9.17) is 10.00 Å². The molecule has 3 rings (SSSR count). The number of hydrogen-bond acceptors (Lipinski definition) is 5. The van der Waals surface area contributed by atoms with Crippen LogP contribution in [0, 0.1) is 11.3 Å². The first-order valence-corrected chi connectivity index (χ1v) is 11.3. The number of nitriles is 1. The van der Waals surface area contributed by atoms with E-state index in [1.807, 2.05) is 18.2 Å². The lowest BCUT2D eigenvalue weighted by molar-refractivity contribution is 0.158. The zero-order valence-electron chi connectivity index (χ0n) is 16.9. The normalized spacial score (nSPS) is 15.9. The molecule has 6 nitrogen and oxygen atoms in total. The van der Waals surface area contributed by atoms with Crippen molar-refractivity contribution in [1.82, 2.24) is 9.21 Å². The molecule has 7 heteroatoms. The predicted octanol–water partition coefficient (Wildman–Crippen LogP) is 3.07. The second kappa shape index (κ2) is 9.40. The van der Waals surface area contributed by atoms with Crippen LogP contribution in [0.4, 0.5) is 0 Å². The summed E-state index contributed by atoms with van der Waals surface area (Å²) in [5, 5.41) is 9.11. The molecule has 0 amide bonds. The zero-order valence-corrected chi connectivity index (χ0v) is 17.7. The van der Waals surface area contributed by atoms with E-state index in [1.54, 1.807) is 34.6 Å². The van der Waals surface area contributed by atoms with Crippen molar-refractivity contribution in [3.05, 3.63) is 59.7 Å². The van der Waals surface area contributed by atoms with Gasteiger partial charge >= 0.3 is 0 Å².